The van der Waals surface area contributed by atoms with Crippen molar-refractivity contribution in [1.29, 1.82) is 0 Å². The molecule has 0 aliphatic carbocycles. The average molecular weight is 467 g/mol. The first-order valence-corrected chi connectivity index (χ1v) is 9.84. The minimum absolute atomic E-state index is 0.0389. The lowest BCUT2D eigenvalue weighted by Gasteiger charge is -2.12. The second-order valence-corrected chi connectivity index (χ2v) is 7.11. The fourth-order valence-corrected chi connectivity index (χ4v) is 3.51. The first-order chi connectivity index (χ1) is 16.3. The molecule has 3 aromatic heterocycles. The molecule has 11 heteroatoms. The molecule has 0 aliphatic rings. The van der Waals surface area contributed by atoms with Crippen LogP contribution >= 0.6 is 0 Å². The number of aromatic nitrogens is 5. The minimum Gasteiger partial charge on any atom is -0.406 e. The van der Waals surface area contributed by atoms with Crippen LogP contribution in [0.4, 0.5) is 17.6 Å². The summed E-state index contributed by atoms with van der Waals surface area (Å²) in [6.45, 7) is 0. The van der Waals surface area contributed by atoms with E-state index in [0.717, 1.165) is 12.1 Å². The van der Waals surface area contributed by atoms with E-state index in [0.29, 0.717) is 22.5 Å². The van der Waals surface area contributed by atoms with E-state index >= 15 is 0 Å². The predicted octanol–water partition coefficient (Wildman–Crippen LogP) is 4.67. The summed E-state index contributed by atoms with van der Waals surface area (Å²) in [6, 6.07) is 14.1. The molecule has 0 bridgehead atoms. The molecule has 0 aliphatic heterocycles. The van der Waals surface area contributed by atoms with Crippen LogP contribution in [-0.4, -0.2) is 30.9 Å². The van der Waals surface area contributed by atoms with Crippen molar-refractivity contribution in [2.24, 2.45) is 0 Å². The highest BCUT2D eigenvalue weighted by Gasteiger charge is 2.31. The van der Waals surface area contributed by atoms with Crippen LogP contribution in [0.3, 0.4) is 0 Å². The van der Waals surface area contributed by atoms with Crippen molar-refractivity contribution >= 4 is 10.9 Å². The smallest absolute Gasteiger partial charge is 0.406 e. The van der Waals surface area contributed by atoms with Crippen molar-refractivity contribution in [2.75, 3.05) is 0 Å². The quantitative estimate of drug-likeness (QED) is 0.359. The summed E-state index contributed by atoms with van der Waals surface area (Å²) in [7, 11) is 0. The van der Waals surface area contributed by atoms with Crippen LogP contribution < -0.4 is 10.2 Å². The molecular weight excluding hydrogens is 454 g/mol. The molecule has 0 unspecified atom stereocenters. The molecule has 0 fully saturated rings. The molecule has 170 valence electrons. The molecule has 0 N–H and O–H groups in total. The molecule has 0 atom stereocenters. The topological polar surface area (TPSA) is 74.8 Å². The number of hydrogen-bond acceptors (Lipinski definition) is 5. The van der Waals surface area contributed by atoms with E-state index in [2.05, 4.69) is 19.9 Å². The zero-order valence-corrected chi connectivity index (χ0v) is 17.1. The van der Waals surface area contributed by atoms with Gasteiger partial charge in [0.15, 0.2) is 5.69 Å². The van der Waals surface area contributed by atoms with Crippen LogP contribution in [-0.2, 0) is 0 Å². The van der Waals surface area contributed by atoms with Crippen LogP contribution in [0.2, 0.25) is 0 Å². The number of para-hydroxylation sites is 1. The summed E-state index contributed by atoms with van der Waals surface area (Å²) in [5.41, 5.74) is 1.03. The summed E-state index contributed by atoms with van der Waals surface area (Å²) in [6.07, 6.45) is -0.498. The van der Waals surface area contributed by atoms with Gasteiger partial charge in [-0.15, -0.1) is 13.2 Å². The maximum atomic E-state index is 14.2. The molecule has 0 amide bonds. The summed E-state index contributed by atoms with van der Waals surface area (Å²) in [4.78, 5) is 16.8. The fourth-order valence-electron chi connectivity index (χ4n) is 3.51. The molecule has 5 rings (SSSR count). The largest absolute Gasteiger partial charge is 0.573 e. The lowest BCUT2D eigenvalue weighted by molar-refractivity contribution is -0.274. The van der Waals surface area contributed by atoms with Crippen LogP contribution in [0, 0.1) is 5.82 Å². The van der Waals surface area contributed by atoms with E-state index < -0.39 is 17.6 Å². The van der Waals surface area contributed by atoms with Gasteiger partial charge in [0.05, 0.1) is 23.3 Å². The first kappa shape index (κ1) is 21.3. The van der Waals surface area contributed by atoms with Crippen molar-refractivity contribution in [2.45, 2.75) is 6.36 Å². The molecule has 7 nitrogen and oxygen atoms in total. The third-order valence-electron chi connectivity index (χ3n) is 4.96. The fraction of sp³-hybridized carbons (Fsp3) is 0.0435. The Morgan fingerprint density at radius 1 is 0.912 bits per heavy atom. The Morgan fingerprint density at radius 3 is 2.47 bits per heavy atom. The van der Waals surface area contributed by atoms with Crippen molar-refractivity contribution < 1.29 is 22.3 Å². The number of ether oxygens (including phenoxy) is 1. The second-order valence-electron chi connectivity index (χ2n) is 7.11. The van der Waals surface area contributed by atoms with Gasteiger partial charge in [0.25, 0.3) is 0 Å². The van der Waals surface area contributed by atoms with Gasteiger partial charge in [-0.05, 0) is 42.5 Å². The van der Waals surface area contributed by atoms with E-state index in [1.54, 1.807) is 24.3 Å². The number of hydrogen-bond donors (Lipinski definition) is 0. The lowest BCUT2D eigenvalue weighted by atomic mass is 10.1. The molecule has 0 spiro atoms. The van der Waals surface area contributed by atoms with E-state index in [9.17, 15) is 22.4 Å². The van der Waals surface area contributed by atoms with Crippen molar-refractivity contribution in [3.8, 4) is 28.5 Å². The number of rotatable bonds is 4. The average Bonchev–Trinajstić information content (AvgIpc) is 3.28. The van der Waals surface area contributed by atoms with Gasteiger partial charge in [-0.3, -0.25) is 9.78 Å². The Balaban J connectivity index is 1.58. The summed E-state index contributed by atoms with van der Waals surface area (Å²) < 4.78 is 58.1. The molecule has 2 aromatic carbocycles. The van der Waals surface area contributed by atoms with Gasteiger partial charge in [0.1, 0.15) is 17.1 Å². The number of alkyl halides is 3. The van der Waals surface area contributed by atoms with E-state index in [-0.39, 0.29) is 17.0 Å². The van der Waals surface area contributed by atoms with Gasteiger partial charge in [0.2, 0.25) is 5.43 Å². The summed E-state index contributed by atoms with van der Waals surface area (Å²) in [5, 5.41) is 9.14. The zero-order chi connectivity index (χ0) is 23.9. The summed E-state index contributed by atoms with van der Waals surface area (Å²) >= 11 is 0. The number of benzene rings is 2. The lowest BCUT2D eigenvalue weighted by Crippen LogP contribution is -2.17. The molecule has 0 saturated carbocycles. The van der Waals surface area contributed by atoms with E-state index in [1.807, 2.05) is 0 Å². The standard InChI is InChI=1S/C23H13F4N5O2/c24-17-3-1-2-16-18(8-11-28-21(16)17)32-19(9-12-29-32)22-20(33)10-13-31(30-22)14-4-6-15(7-5-14)34-23(25,26)27/h1-13H. The van der Waals surface area contributed by atoms with Crippen molar-refractivity contribution in [3.05, 3.63) is 95.3 Å². The van der Waals surface area contributed by atoms with E-state index in [4.69, 9.17) is 0 Å². The van der Waals surface area contributed by atoms with E-state index in [1.165, 1.54) is 52.2 Å². The van der Waals surface area contributed by atoms with Gasteiger partial charge in [-0.25, -0.2) is 13.8 Å². The molecule has 34 heavy (non-hydrogen) atoms. The van der Waals surface area contributed by atoms with Gasteiger partial charge < -0.3 is 4.74 Å². The third kappa shape index (κ3) is 3.98. The normalized spacial score (nSPS) is 11.6. The number of nitrogens with zero attached hydrogens (tertiary/aromatic N) is 5. The Hall–Kier alpha value is -4.54. The van der Waals surface area contributed by atoms with Crippen LogP contribution in [0.1, 0.15) is 0 Å². The monoisotopic (exact) mass is 467 g/mol. The molecule has 0 saturated heterocycles. The third-order valence-corrected chi connectivity index (χ3v) is 4.96. The number of pyridine rings is 1. The Labute approximate surface area is 188 Å². The predicted molar refractivity (Wildman–Crippen MR) is 114 cm³/mol. The van der Waals surface area contributed by atoms with Crippen LogP contribution in [0.25, 0.3) is 33.7 Å². The van der Waals surface area contributed by atoms with Gasteiger partial charge >= 0.3 is 6.36 Å². The zero-order valence-electron chi connectivity index (χ0n) is 17.1. The maximum absolute atomic E-state index is 14.2. The van der Waals surface area contributed by atoms with Gasteiger partial charge in [0, 0.05) is 23.8 Å². The molecule has 5 aromatic rings. The molecule has 3 heterocycles. The SMILES string of the molecule is O=c1ccn(-c2ccc(OC(F)(F)F)cc2)nc1-c1ccnn1-c1ccnc2c(F)cccc12. The van der Waals surface area contributed by atoms with Crippen LogP contribution in [0.15, 0.2) is 84.0 Å². The maximum Gasteiger partial charge on any atom is 0.573 e. The highest BCUT2D eigenvalue weighted by Crippen LogP contribution is 2.26. The molecule has 0 radical (unpaired) electrons. The minimum atomic E-state index is -4.80. The van der Waals surface area contributed by atoms with Gasteiger partial charge in [-0.2, -0.15) is 10.2 Å². The Kier molecular flexibility index (Phi) is 5.08. The Morgan fingerprint density at radius 2 is 1.71 bits per heavy atom. The second kappa shape index (κ2) is 8.10. The number of fused-ring (bicyclic) bond motifs is 1. The highest BCUT2D eigenvalue weighted by molar-refractivity contribution is 5.87. The van der Waals surface area contributed by atoms with Crippen molar-refractivity contribution in [1.82, 2.24) is 24.5 Å². The van der Waals surface area contributed by atoms with Crippen LogP contribution in [0.5, 0.6) is 5.75 Å². The van der Waals surface area contributed by atoms with Gasteiger partial charge in [-0.1, -0.05) is 12.1 Å². The summed E-state index contributed by atoms with van der Waals surface area (Å²) in [5.74, 6) is -0.876. The number of halogens is 4. The van der Waals surface area contributed by atoms with Crippen molar-refractivity contribution in [3.63, 3.8) is 0 Å². The first-order valence-electron chi connectivity index (χ1n) is 9.84. The molecular formula is C23H13F4N5O2. The highest BCUT2D eigenvalue weighted by atomic mass is 19.4. The Bertz CT molecular complexity index is 1560.